The molecule has 0 aliphatic carbocycles. The highest BCUT2D eigenvalue weighted by Gasteiger charge is 2.23. The lowest BCUT2D eigenvalue weighted by molar-refractivity contribution is 0.0904. The molecule has 0 aliphatic heterocycles. The number of ketones is 1. The van der Waals surface area contributed by atoms with Gasteiger partial charge in [0.1, 0.15) is 0 Å². The Morgan fingerprint density at radius 1 is 0.857 bits per heavy atom. The molecule has 1 amide bonds. The second-order valence-electron chi connectivity index (χ2n) is 6.40. The number of carbonyl (C=O) groups is 2. The van der Waals surface area contributed by atoms with Crippen molar-refractivity contribution in [1.82, 2.24) is 9.62 Å². The van der Waals surface area contributed by atoms with Gasteiger partial charge >= 0.3 is 0 Å². The van der Waals surface area contributed by atoms with Crippen LogP contribution in [0.5, 0.6) is 0 Å². The summed E-state index contributed by atoms with van der Waals surface area (Å²) in [5.74, 6) is -0.616. The second-order valence-corrected chi connectivity index (χ2v) is 8.34. The maximum absolute atomic E-state index is 12.7. The van der Waals surface area contributed by atoms with Crippen molar-refractivity contribution >= 4 is 21.7 Å². The van der Waals surface area contributed by atoms with Gasteiger partial charge in [-0.05, 0) is 37.1 Å². The van der Waals surface area contributed by atoms with Crippen molar-refractivity contribution in [3.8, 4) is 0 Å². The molecule has 150 valence electrons. The first-order valence-electron chi connectivity index (χ1n) is 9.36. The van der Waals surface area contributed by atoms with Gasteiger partial charge in [-0.3, -0.25) is 9.59 Å². The largest absolute Gasteiger partial charge is 0.345 e. The van der Waals surface area contributed by atoms with Gasteiger partial charge < -0.3 is 5.32 Å². The van der Waals surface area contributed by atoms with Crippen molar-refractivity contribution in [1.29, 1.82) is 0 Å². The van der Waals surface area contributed by atoms with Gasteiger partial charge in [-0.25, -0.2) is 8.42 Å². The number of benzene rings is 2. The number of hydrogen-bond acceptors (Lipinski definition) is 4. The van der Waals surface area contributed by atoms with E-state index in [-0.39, 0.29) is 17.2 Å². The number of hydrogen-bond donors (Lipinski definition) is 1. The molecule has 28 heavy (non-hydrogen) atoms. The average Bonchev–Trinajstić information content (AvgIpc) is 2.72. The van der Waals surface area contributed by atoms with E-state index in [4.69, 9.17) is 0 Å². The van der Waals surface area contributed by atoms with E-state index in [9.17, 15) is 18.0 Å². The summed E-state index contributed by atoms with van der Waals surface area (Å²) >= 11 is 0. The molecular weight excluding hydrogens is 376 g/mol. The third-order valence-corrected chi connectivity index (χ3v) is 6.12. The lowest BCUT2D eigenvalue weighted by atomic mass is 10.1. The van der Waals surface area contributed by atoms with Crippen molar-refractivity contribution in [3.63, 3.8) is 0 Å². The zero-order valence-corrected chi connectivity index (χ0v) is 17.0. The minimum atomic E-state index is -3.58. The summed E-state index contributed by atoms with van der Waals surface area (Å²) in [4.78, 5) is 24.5. The molecule has 0 bridgehead atoms. The third-order valence-electron chi connectivity index (χ3n) is 4.21. The van der Waals surface area contributed by atoms with Gasteiger partial charge in [0.2, 0.25) is 10.0 Å². The van der Waals surface area contributed by atoms with E-state index in [1.165, 1.54) is 28.6 Å². The average molecular weight is 403 g/mol. The molecule has 0 aromatic heterocycles. The number of sulfonamides is 1. The molecule has 6 nitrogen and oxygen atoms in total. The van der Waals surface area contributed by atoms with Crippen LogP contribution in [0.1, 0.15) is 47.4 Å². The van der Waals surface area contributed by atoms with E-state index < -0.39 is 15.9 Å². The molecule has 1 N–H and O–H groups in total. The molecule has 0 atom stereocenters. The number of amides is 1. The lowest BCUT2D eigenvalue weighted by Gasteiger charge is -2.21. The molecular formula is C21H26N2O4S. The van der Waals surface area contributed by atoms with Crippen LogP contribution in [0.4, 0.5) is 0 Å². The fraction of sp³-hybridized carbons (Fsp3) is 0.333. The van der Waals surface area contributed by atoms with Gasteiger partial charge in [0, 0.05) is 24.2 Å². The molecule has 2 aromatic rings. The number of nitrogens with zero attached hydrogens (tertiary/aromatic N) is 1. The van der Waals surface area contributed by atoms with Gasteiger partial charge in [-0.1, -0.05) is 44.2 Å². The van der Waals surface area contributed by atoms with E-state index >= 15 is 0 Å². The highest BCUT2D eigenvalue weighted by atomic mass is 32.2. The zero-order chi connectivity index (χ0) is 20.6. The fourth-order valence-corrected chi connectivity index (χ4v) is 4.39. The quantitative estimate of drug-likeness (QED) is 0.619. The van der Waals surface area contributed by atoms with Crippen molar-refractivity contribution in [2.45, 2.75) is 31.6 Å². The smallest absolute Gasteiger partial charge is 0.251 e. The summed E-state index contributed by atoms with van der Waals surface area (Å²) in [5, 5.41) is 2.57. The minimum Gasteiger partial charge on any atom is -0.345 e. The van der Waals surface area contributed by atoms with Crippen LogP contribution in [-0.4, -0.2) is 44.0 Å². The van der Waals surface area contributed by atoms with Crippen molar-refractivity contribution in [2.24, 2.45) is 0 Å². The van der Waals surface area contributed by atoms with Crippen LogP contribution >= 0.6 is 0 Å². The Morgan fingerprint density at radius 3 is 1.96 bits per heavy atom. The number of Topliss-reactive ketones (excluding diaryl/α,β-unsaturated/α-hetero) is 1. The predicted molar refractivity (Wildman–Crippen MR) is 109 cm³/mol. The fourth-order valence-electron chi connectivity index (χ4n) is 2.77. The lowest BCUT2D eigenvalue weighted by Crippen LogP contribution is -2.32. The monoisotopic (exact) mass is 402 g/mol. The van der Waals surface area contributed by atoms with Crippen LogP contribution in [0.15, 0.2) is 59.5 Å². The summed E-state index contributed by atoms with van der Waals surface area (Å²) < 4.78 is 27.0. The van der Waals surface area contributed by atoms with E-state index in [0.717, 1.165) is 12.8 Å². The summed E-state index contributed by atoms with van der Waals surface area (Å²) in [6, 6.07) is 14.5. The molecule has 0 saturated carbocycles. The summed E-state index contributed by atoms with van der Waals surface area (Å²) in [5.41, 5.74) is 0.827. The van der Waals surface area contributed by atoms with Crippen molar-refractivity contribution in [3.05, 3.63) is 65.7 Å². The molecule has 7 heteroatoms. The molecule has 0 spiro atoms. The molecule has 0 radical (unpaired) electrons. The summed E-state index contributed by atoms with van der Waals surface area (Å²) in [6.45, 7) is 4.66. The van der Waals surface area contributed by atoms with Crippen LogP contribution in [0.3, 0.4) is 0 Å². The Balaban J connectivity index is 2.04. The maximum Gasteiger partial charge on any atom is 0.251 e. The first-order chi connectivity index (χ1) is 13.4. The number of carbonyl (C=O) groups excluding carboxylic acids is 2. The number of nitrogens with one attached hydrogen (secondary N) is 1. The Morgan fingerprint density at radius 2 is 1.43 bits per heavy atom. The molecule has 0 heterocycles. The zero-order valence-electron chi connectivity index (χ0n) is 16.2. The normalized spacial score (nSPS) is 11.4. The van der Waals surface area contributed by atoms with Gasteiger partial charge in [-0.15, -0.1) is 0 Å². The highest BCUT2D eigenvalue weighted by molar-refractivity contribution is 7.89. The van der Waals surface area contributed by atoms with Crippen LogP contribution in [0.25, 0.3) is 0 Å². The van der Waals surface area contributed by atoms with E-state index in [1.54, 1.807) is 24.3 Å². The Hall–Kier alpha value is -2.51. The molecule has 0 aliphatic rings. The van der Waals surface area contributed by atoms with Gasteiger partial charge in [-0.2, -0.15) is 4.31 Å². The van der Waals surface area contributed by atoms with Crippen LogP contribution in [0, 0.1) is 0 Å². The molecule has 0 fully saturated rings. The molecule has 2 rings (SSSR count). The highest BCUT2D eigenvalue weighted by Crippen LogP contribution is 2.17. The van der Waals surface area contributed by atoms with Gasteiger partial charge in [0.05, 0.1) is 11.4 Å². The molecule has 2 aromatic carbocycles. The standard InChI is InChI=1S/C21H26N2O4S/c1-3-14-23(15-4-2)28(26,27)19-12-10-18(11-13-19)21(25)22-16-20(24)17-8-6-5-7-9-17/h5-13H,3-4,14-16H2,1-2H3,(H,22,25). The van der Waals surface area contributed by atoms with E-state index in [2.05, 4.69) is 5.32 Å². The third kappa shape index (κ3) is 5.50. The van der Waals surface area contributed by atoms with Crippen LogP contribution in [0.2, 0.25) is 0 Å². The van der Waals surface area contributed by atoms with Crippen LogP contribution in [-0.2, 0) is 10.0 Å². The maximum atomic E-state index is 12.7. The van der Waals surface area contributed by atoms with Gasteiger partial charge in [0.15, 0.2) is 5.78 Å². The summed E-state index contributed by atoms with van der Waals surface area (Å²) in [6.07, 6.45) is 1.46. The Labute approximate surface area is 166 Å². The van der Waals surface area contributed by atoms with Gasteiger partial charge in [0.25, 0.3) is 5.91 Å². The summed E-state index contributed by atoms with van der Waals surface area (Å²) in [7, 11) is -3.58. The topological polar surface area (TPSA) is 83.6 Å². The molecule has 0 unspecified atom stereocenters. The van der Waals surface area contributed by atoms with E-state index in [0.29, 0.717) is 24.2 Å². The molecule has 0 saturated heterocycles. The first-order valence-corrected chi connectivity index (χ1v) is 10.8. The Kier molecular flexibility index (Phi) is 7.90. The SMILES string of the molecule is CCCN(CCC)S(=O)(=O)c1ccc(C(=O)NCC(=O)c2ccccc2)cc1. The minimum absolute atomic E-state index is 0.121. The second kappa shape index (κ2) is 10.1. The predicted octanol–water partition coefficient (Wildman–Crippen LogP) is 3.11. The van der Waals surface area contributed by atoms with Crippen molar-refractivity contribution in [2.75, 3.05) is 19.6 Å². The Bertz CT molecular complexity index is 888. The first kappa shape index (κ1) is 21.8. The van der Waals surface area contributed by atoms with Crippen molar-refractivity contribution < 1.29 is 18.0 Å². The van der Waals surface area contributed by atoms with E-state index in [1.807, 2.05) is 19.9 Å². The van der Waals surface area contributed by atoms with Crippen LogP contribution < -0.4 is 5.32 Å². The number of rotatable bonds is 10.